The molecule has 218 valence electrons. The van der Waals surface area contributed by atoms with Gasteiger partial charge in [0.25, 0.3) is 15.9 Å². The van der Waals surface area contributed by atoms with Crippen molar-refractivity contribution in [2.45, 2.75) is 17.7 Å². The fraction of sp³-hybridized carbons (Fsp3) is 0.103. The van der Waals surface area contributed by atoms with Crippen LogP contribution in [0.25, 0.3) is 0 Å². The Bertz CT molecular complexity index is 1680. The molecule has 4 aromatic carbocycles. The van der Waals surface area contributed by atoms with Crippen molar-refractivity contribution in [3.63, 3.8) is 0 Å². The van der Waals surface area contributed by atoms with Crippen LogP contribution in [-0.4, -0.2) is 27.1 Å². The summed E-state index contributed by atoms with van der Waals surface area (Å²) in [5, 5.41) is 4.13. The summed E-state index contributed by atoms with van der Waals surface area (Å²) in [6.45, 7) is -0.633. The van der Waals surface area contributed by atoms with Crippen molar-refractivity contribution in [3.05, 3.63) is 124 Å². The molecule has 0 fully saturated rings. The normalized spacial score (nSPS) is 11.8. The van der Waals surface area contributed by atoms with Gasteiger partial charge in [0.15, 0.2) is 0 Å². The molecule has 1 N–H and O–H groups in total. The molecule has 4 rings (SSSR count). The average Bonchev–Trinajstić information content (AvgIpc) is 2.96. The van der Waals surface area contributed by atoms with Crippen molar-refractivity contribution in [1.29, 1.82) is 0 Å². The van der Waals surface area contributed by atoms with Gasteiger partial charge in [-0.2, -0.15) is 18.3 Å². The van der Waals surface area contributed by atoms with E-state index in [1.165, 1.54) is 30.5 Å². The predicted molar refractivity (Wildman–Crippen MR) is 155 cm³/mol. The molecule has 0 radical (unpaired) electrons. The van der Waals surface area contributed by atoms with Gasteiger partial charge in [-0.15, -0.1) is 0 Å². The SMILES string of the molecule is O=C(CN(c1cc(C(F)(F)F)ccc1Cl)S(=O)(=O)c1ccccc1)N/N=C\c1ccc(OCc2ccccc2Cl)cc1. The lowest BCUT2D eigenvalue weighted by atomic mass is 10.2. The summed E-state index contributed by atoms with van der Waals surface area (Å²) in [6, 6.07) is 23.2. The van der Waals surface area contributed by atoms with Crippen LogP contribution in [0, 0.1) is 0 Å². The van der Waals surface area contributed by atoms with E-state index in [2.05, 4.69) is 10.5 Å². The van der Waals surface area contributed by atoms with Crippen LogP contribution >= 0.6 is 23.2 Å². The smallest absolute Gasteiger partial charge is 0.416 e. The lowest BCUT2D eigenvalue weighted by Crippen LogP contribution is -2.40. The number of hydrogen-bond acceptors (Lipinski definition) is 5. The Morgan fingerprint density at radius 2 is 1.57 bits per heavy atom. The number of benzene rings is 4. The standard InChI is InChI=1S/C29H22Cl2F3N3O4S/c30-25-9-5-4-6-21(25)19-41-23-13-10-20(11-14-23)17-35-36-28(38)18-37(42(39,40)24-7-2-1-3-8-24)27-16-22(29(32,33)34)12-15-26(27)31/h1-17H,18-19H2,(H,36,38)/b35-17-. The molecule has 0 aliphatic rings. The summed E-state index contributed by atoms with van der Waals surface area (Å²) in [4.78, 5) is 12.5. The number of carbonyl (C=O) groups is 1. The van der Waals surface area contributed by atoms with E-state index in [1.807, 2.05) is 18.2 Å². The molecule has 0 aliphatic carbocycles. The number of ether oxygens (including phenoxy) is 1. The first-order chi connectivity index (χ1) is 19.9. The van der Waals surface area contributed by atoms with Crippen LogP contribution in [-0.2, 0) is 27.6 Å². The maximum atomic E-state index is 13.4. The lowest BCUT2D eigenvalue weighted by molar-refractivity contribution is -0.137. The molecule has 0 aliphatic heterocycles. The highest BCUT2D eigenvalue weighted by Crippen LogP contribution is 2.37. The van der Waals surface area contributed by atoms with Crippen molar-refractivity contribution >= 4 is 51.0 Å². The molecule has 0 bridgehead atoms. The highest BCUT2D eigenvalue weighted by atomic mass is 35.5. The third-order valence-corrected chi connectivity index (χ3v) is 8.26. The summed E-state index contributed by atoms with van der Waals surface area (Å²) in [6.07, 6.45) is -3.47. The van der Waals surface area contributed by atoms with Crippen molar-refractivity contribution in [2.24, 2.45) is 5.10 Å². The summed E-state index contributed by atoms with van der Waals surface area (Å²) in [5.74, 6) is -0.352. The number of carbonyl (C=O) groups excluding carboxylic acids is 1. The van der Waals surface area contributed by atoms with E-state index in [9.17, 15) is 26.4 Å². The first kappa shape index (κ1) is 30.9. The number of rotatable bonds is 10. The minimum Gasteiger partial charge on any atom is -0.489 e. The van der Waals surface area contributed by atoms with E-state index in [0.29, 0.717) is 26.7 Å². The quantitative estimate of drug-likeness (QED) is 0.151. The molecule has 7 nitrogen and oxygen atoms in total. The van der Waals surface area contributed by atoms with Crippen LogP contribution in [0.2, 0.25) is 10.0 Å². The van der Waals surface area contributed by atoms with Gasteiger partial charge in [-0.1, -0.05) is 59.6 Å². The third kappa shape index (κ3) is 7.81. The minimum atomic E-state index is -4.77. The minimum absolute atomic E-state index is 0.244. The molecule has 0 unspecified atom stereocenters. The molecule has 1 amide bonds. The van der Waals surface area contributed by atoms with Crippen LogP contribution in [0.15, 0.2) is 107 Å². The topological polar surface area (TPSA) is 88.1 Å². The zero-order valence-corrected chi connectivity index (χ0v) is 23.9. The number of sulfonamides is 1. The van der Waals surface area contributed by atoms with Crippen molar-refractivity contribution in [3.8, 4) is 5.75 Å². The summed E-state index contributed by atoms with van der Waals surface area (Å²) in [7, 11) is -4.50. The Labute approximate surface area is 250 Å². The monoisotopic (exact) mass is 635 g/mol. The van der Waals surface area contributed by atoms with E-state index in [4.69, 9.17) is 27.9 Å². The zero-order chi connectivity index (χ0) is 30.3. The van der Waals surface area contributed by atoms with Gasteiger partial charge in [-0.3, -0.25) is 9.10 Å². The Morgan fingerprint density at radius 1 is 0.905 bits per heavy atom. The summed E-state index contributed by atoms with van der Waals surface area (Å²) in [5.41, 5.74) is 1.96. The molecule has 0 saturated heterocycles. The van der Waals surface area contributed by atoms with Crippen LogP contribution in [0.1, 0.15) is 16.7 Å². The van der Waals surface area contributed by atoms with E-state index in [1.54, 1.807) is 36.4 Å². The number of amides is 1. The first-order valence-corrected chi connectivity index (χ1v) is 14.4. The maximum Gasteiger partial charge on any atom is 0.416 e. The highest BCUT2D eigenvalue weighted by Gasteiger charge is 2.34. The Kier molecular flexibility index (Phi) is 9.77. The number of halogens is 5. The van der Waals surface area contributed by atoms with Gasteiger partial charge in [0.2, 0.25) is 0 Å². The number of hydrazone groups is 1. The van der Waals surface area contributed by atoms with Crippen LogP contribution in [0.4, 0.5) is 18.9 Å². The fourth-order valence-corrected chi connectivity index (χ4v) is 5.58. The van der Waals surface area contributed by atoms with Gasteiger partial charge < -0.3 is 4.74 Å². The number of anilines is 1. The van der Waals surface area contributed by atoms with Crippen molar-refractivity contribution in [1.82, 2.24) is 5.43 Å². The number of nitrogens with one attached hydrogen (secondary N) is 1. The zero-order valence-electron chi connectivity index (χ0n) is 21.6. The molecule has 13 heteroatoms. The Hall–Kier alpha value is -4.06. The highest BCUT2D eigenvalue weighted by molar-refractivity contribution is 7.92. The summed E-state index contributed by atoms with van der Waals surface area (Å²) >= 11 is 12.3. The molecule has 4 aromatic rings. The van der Waals surface area contributed by atoms with Gasteiger partial charge in [-0.25, -0.2) is 13.8 Å². The third-order valence-electron chi connectivity index (χ3n) is 5.80. The number of nitrogens with zero attached hydrogens (tertiary/aromatic N) is 2. The second-order valence-corrected chi connectivity index (χ2v) is 11.4. The molecular formula is C29H22Cl2F3N3O4S. The maximum absolute atomic E-state index is 13.4. The van der Waals surface area contributed by atoms with Gasteiger partial charge in [-0.05, 0) is 66.2 Å². The van der Waals surface area contributed by atoms with Crippen LogP contribution in [0.5, 0.6) is 5.75 Å². The molecule has 0 aromatic heterocycles. The van der Waals surface area contributed by atoms with E-state index < -0.39 is 39.9 Å². The first-order valence-electron chi connectivity index (χ1n) is 12.2. The van der Waals surface area contributed by atoms with Gasteiger partial charge in [0.05, 0.1) is 27.4 Å². The van der Waals surface area contributed by atoms with Gasteiger partial charge in [0.1, 0.15) is 18.9 Å². The Balaban J connectivity index is 1.48. The second-order valence-electron chi connectivity index (χ2n) is 8.73. The predicted octanol–water partition coefficient (Wildman–Crippen LogP) is 6.94. The van der Waals surface area contributed by atoms with E-state index in [0.717, 1.165) is 17.7 Å². The van der Waals surface area contributed by atoms with Crippen molar-refractivity contribution in [2.75, 3.05) is 10.8 Å². The molecule has 0 heterocycles. The van der Waals surface area contributed by atoms with E-state index >= 15 is 0 Å². The Morgan fingerprint density at radius 3 is 2.24 bits per heavy atom. The second kappa shape index (κ2) is 13.3. The average molecular weight is 636 g/mol. The van der Waals surface area contributed by atoms with Crippen molar-refractivity contribution < 1.29 is 31.1 Å². The molecule has 42 heavy (non-hydrogen) atoms. The lowest BCUT2D eigenvalue weighted by Gasteiger charge is -2.25. The fourth-order valence-electron chi connectivity index (χ4n) is 3.67. The van der Waals surface area contributed by atoms with Gasteiger partial charge in [0, 0.05) is 10.6 Å². The number of hydrogen-bond donors (Lipinski definition) is 1. The number of alkyl halides is 3. The van der Waals surface area contributed by atoms with Gasteiger partial charge >= 0.3 is 6.18 Å². The summed E-state index contributed by atoms with van der Waals surface area (Å²) < 4.78 is 73.3. The van der Waals surface area contributed by atoms with Crippen LogP contribution < -0.4 is 14.5 Å². The largest absolute Gasteiger partial charge is 0.489 e. The molecule has 0 atom stereocenters. The van der Waals surface area contributed by atoms with E-state index in [-0.39, 0.29) is 16.5 Å². The molecule has 0 saturated carbocycles. The molecule has 0 spiro atoms. The van der Waals surface area contributed by atoms with Crippen LogP contribution in [0.3, 0.4) is 0 Å². The molecular weight excluding hydrogens is 614 g/mol.